The summed E-state index contributed by atoms with van der Waals surface area (Å²) in [6.07, 6.45) is 2.70. The molecule has 1 amide bonds. The summed E-state index contributed by atoms with van der Waals surface area (Å²) in [6, 6.07) is 7.18. The van der Waals surface area contributed by atoms with Gasteiger partial charge in [0.05, 0.1) is 11.8 Å². The van der Waals surface area contributed by atoms with Crippen molar-refractivity contribution in [2.45, 2.75) is 19.8 Å². The van der Waals surface area contributed by atoms with E-state index in [1.54, 1.807) is 31.0 Å². The number of hydrogen-bond donors (Lipinski definition) is 0. The predicted octanol–water partition coefficient (Wildman–Crippen LogP) is 2.73. The van der Waals surface area contributed by atoms with Crippen molar-refractivity contribution in [2.24, 2.45) is 0 Å². The number of furan rings is 1. The number of anilines is 1. The second-order valence-corrected chi connectivity index (χ2v) is 5.02. The van der Waals surface area contributed by atoms with E-state index in [4.69, 9.17) is 4.42 Å². The Bertz CT molecular complexity index is 699. The normalized spacial score (nSPS) is 14.3. The van der Waals surface area contributed by atoms with Crippen molar-refractivity contribution in [3.05, 3.63) is 53.0 Å². The molecule has 0 radical (unpaired) electrons. The number of carbonyl (C=O) groups is 2. The maximum Gasteiger partial charge on any atom is 0.227 e. The van der Waals surface area contributed by atoms with Crippen LogP contribution in [0.1, 0.15) is 33.7 Å². The highest BCUT2D eigenvalue weighted by Gasteiger charge is 2.22. The predicted molar refractivity (Wildman–Crippen MR) is 75.1 cm³/mol. The second-order valence-electron chi connectivity index (χ2n) is 5.02. The van der Waals surface area contributed by atoms with Crippen LogP contribution in [0.3, 0.4) is 0 Å². The molecule has 20 heavy (non-hydrogen) atoms. The number of hydrogen-bond acceptors (Lipinski definition) is 3. The van der Waals surface area contributed by atoms with Crippen LogP contribution in [0.2, 0.25) is 0 Å². The third kappa shape index (κ3) is 1.93. The Morgan fingerprint density at radius 2 is 2.05 bits per heavy atom. The molecule has 0 unspecified atom stereocenters. The molecule has 2 heterocycles. The summed E-state index contributed by atoms with van der Waals surface area (Å²) in [5.41, 5.74) is 3.15. The molecule has 0 aliphatic carbocycles. The molecule has 0 N–H and O–H groups in total. The smallest absolute Gasteiger partial charge is 0.227 e. The van der Waals surface area contributed by atoms with E-state index in [2.05, 4.69) is 0 Å². The molecule has 0 spiro atoms. The molecule has 102 valence electrons. The van der Waals surface area contributed by atoms with Crippen LogP contribution in [0.5, 0.6) is 0 Å². The third-order valence-electron chi connectivity index (χ3n) is 3.79. The summed E-state index contributed by atoms with van der Waals surface area (Å²) >= 11 is 0. The second kappa shape index (κ2) is 4.63. The lowest BCUT2D eigenvalue weighted by Crippen LogP contribution is -2.31. The molecule has 0 saturated heterocycles. The zero-order valence-corrected chi connectivity index (χ0v) is 11.5. The number of nitrogens with zero attached hydrogens (tertiary/aromatic N) is 1. The molecule has 0 bridgehead atoms. The highest BCUT2D eigenvalue weighted by atomic mass is 16.3. The standard InChI is InChI=1S/C16H15NO3/c1-10-13(7-8-20-10)16(19)12-3-5-14-11(9-12)4-6-15(18)17(14)2/h3,5,7-9H,4,6H2,1-2H3. The Balaban J connectivity index is 1.99. The molecule has 2 aromatic rings. The largest absolute Gasteiger partial charge is 0.469 e. The topological polar surface area (TPSA) is 50.5 Å². The molecular weight excluding hydrogens is 254 g/mol. The third-order valence-corrected chi connectivity index (χ3v) is 3.79. The highest BCUT2D eigenvalue weighted by molar-refractivity contribution is 6.10. The van der Waals surface area contributed by atoms with E-state index in [1.165, 1.54) is 6.26 Å². The van der Waals surface area contributed by atoms with E-state index in [-0.39, 0.29) is 11.7 Å². The van der Waals surface area contributed by atoms with Gasteiger partial charge in [0.25, 0.3) is 0 Å². The van der Waals surface area contributed by atoms with Gasteiger partial charge in [0.1, 0.15) is 5.76 Å². The van der Waals surface area contributed by atoms with Crippen LogP contribution in [0, 0.1) is 6.92 Å². The van der Waals surface area contributed by atoms with Crippen LogP contribution in [0.4, 0.5) is 5.69 Å². The lowest BCUT2D eigenvalue weighted by atomic mass is 9.96. The average Bonchev–Trinajstić information content (AvgIpc) is 2.88. The van der Waals surface area contributed by atoms with Gasteiger partial charge in [-0.1, -0.05) is 0 Å². The fourth-order valence-corrected chi connectivity index (χ4v) is 2.57. The Morgan fingerprint density at radius 3 is 2.75 bits per heavy atom. The van der Waals surface area contributed by atoms with Crippen molar-refractivity contribution in [2.75, 3.05) is 11.9 Å². The monoisotopic (exact) mass is 269 g/mol. The van der Waals surface area contributed by atoms with Crippen molar-refractivity contribution >= 4 is 17.4 Å². The van der Waals surface area contributed by atoms with Crippen molar-refractivity contribution in [1.29, 1.82) is 0 Å². The van der Waals surface area contributed by atoms with Gasteiger partial charge < -0.3 is 9.32 Å². The fourth-order valence-electron chi connectivity index (χ4n) is 2.57. The molecule has 1 aromatic carbocycles. The first-order valence-electron chi connectivity index (χ1n) is 6.56. The van der Waals surface area contributed by atoms with E-state index < -0.39 is 0 Å². The molecule has 0 atom stereocenters. The van der Waals surface area contributed by atoms with E-state index in [1.807, 2.05) is 12.1 Å². The molecule has 4 nitrogen and oxygen atoms in total. The van der Waals surface area contributed by atoms with Gasteiger partial charge in [-0.2, -0.15) is 0 Å². The molecule has 4 heteroatoms. The van der Waals surface area contributed by atoms with Gasteiger partial charge >= 0.3 is 0 Å². The summed E-state index contributed by atoms with van der Waals surface area (Å²) in [7, 11) is 1.77. The van der Waals surface area contributed by atoms with Crippen molar-refractivity contribution in [1.82, 2.24) is 0 Å². The molecule has 1 aliphatic heterocycles. The number of amides is 1. The molecule has 1 aromatic heterocycles. The highest BCUT2D eigenvalue weighted by Crippen LogP contribution is 2.28. The van der Waals surface area contributed by atoms with Crippen LogP contribution in [0.15, 0.2) is 34.9 Å². The van der Waals surface area contributed by atoms with Crippen molar-refractivity contribution in [3.63, 3.8) is 0 Å². The van der Waals surface area contributed by atoms with Gasteiger partial charge in [0, 0.05) is 24.7 Å². The Kier molecular flexibility index (Phi) is 2.93. The number of fused-ring (bicyclic) bond motifs is 1. The minimum Gasteiger partial charge on any atom is -0.469 e. The number of aryl methyl sites for hydroxylation is 2. The fraction of sp³-hybridized carbons (Fsp3) is 0.250. The first kappa shape index (κ1) is 12.7. The van der Waals surface area contributed by atoms with E-state index in [0.717, 1.165) is 11.3 Å². The summed E-state index contributed by atoms with van der Waals surface area (Å²) in [5.74, 6) is 0.695. The van der Waals surface area contributed by atoms with Crippen LogP contribution in [0.25, 0.3) is 0 Å². The minimum atomic E-state index is -0.0430. The Morgan fingerprint density at radius 1 is 1.25 bits per heavy atom. The number of benzene rings is 1. The number of carbonyl (C=O) groups excluding carboxylic acids is 2. The van der Waals surface area contributed by atoms with Gasteiger partial charge in [-0.25, -0.2) is 0 Å². The Hall–Kier alpha value is -2.36. The first-order chi connectivity index (χ1) is 9.58. The number of ketones is 1. The summed E-state index contributed by atoms with van der Waals surface area (Å²) in [4.78, 5) is 25.7. The van der Waals surface area contributed by atoms with Crippen LogP contribution < -0.4 is 4.90 Å². The van der Waals surface area contributed by atoms with Gasteiger partial charge in [0.15, 0.2) is 5.78 Å². The maximum atomic E-state index is 12.4. The molecule has 0 saturated carbocycles. The summed E-state index contributed by atoms with van der Waals surface area (Å²) in [6.45, 7) is 1.78. The molecule has 1 aliphatic rings. The van der Waals surface area contributed by atoms with Gasteiger partial charge in [-0.15, -0.1) is 0 Å². The quantitative estimate of drug-likeness (QED) is 0.788. The van der Waals surface area contributed by atoms with E-state index >= 15 is 0 Å². The van der Waals surface area contributed by atoms with Crippen LogP contribution >= 0.6 is 0 Å². The minimum absolute atomic E-state index is 0.0430. The maximum absolute atomic E-state index is 12.4. The first-order valence-corrected chi connectivity index (χ1v) is 6.56. The average molecular weight is 269 g/mol. The van der Waals surface area contributed by atoms with Gasteiger partial charge in [-0.05, 0) is 43.2 Å². The Labute approximate surface area is 117 Å². The van der Waals surface area contributed by atoms with Crippen molar-refractivity contribution in [3.8, 4) is 0 Å². The summed E-state index contributed by atoms with van der Waals surface area (Å²) < 4.78 is 5.18. The van der Waals surface area contributed by atoms with E-state index in [9.17, 15) is 9.59 Å². The zero-order valence-electron chi connectivity index (χ0n) is 11.5. The molecule has 0 fully saturated rings. The molecule has 3 rings (SSSR count). The molecular formula is C16H15NO3. The van der Waals surface area contributed by atoms with Crippen LogP contribution in [-0.4, -0.2) is 18.7 Å². The zero-order chi connectivity index (χ0) is 14.3. The summed E-state index contributed by atoms with van der Waals surface area (Å²) in [5, 5.41) is 0. The van der Waals surface area contributed by atoms with Crippen molar-refractivity contribution < 1.29 is 14.0 Å². The van der Waals surface area contributed by atoms with Gasteiger partial charge in [0.2, 0.25) is 5.91 Å². The SMILES string of the molecule is Cc1occc1C(=O)c1ccc2c(c1)CCC(=O)N2C. The lowest BCUT2D eigenvalue weighted by Gasteiger charge is -2.26. The van der Waals surface area contributed by atoms with Crippen LogP contribution in [-0.2, 0) is 11.2 Å². The van der Waals surface area contributed by atoms with E-state index in [0.29, 0.717) is 29.7 Å². The van der Waals surface area contributed by atoms with Gasteiger partial charge in [-0.3, -0.25) is 9.59 Å². The number of rotatable bonds is 2. The lowest BCUT2D eigenvalue weighted by molar-refractivity contribution is -0.118.